The van der Waals surface area contributed by atoms with Crippen LogP contribution in [0, 0.1) is 12.7 Å². The Hall–Kier alpha value is -2.33. The lowest BCUT2D eigenvalue weighted by molar-refractivity contribution is -0.115. The van der Waals surface area contributed by atoms with Crippen LogP contribution in [0.25, 0.3) is 10.9 Å². The second-order valence-corrected chi connectivity index (χ2v) is 5.62. The predicted molar refractivity (Wildman–Crippen MR) is 86.8 cm³/mol. The summed E-state index contributed by atoms with van der Waals surface area (Å²) in [5.74, 6) is -0.433. The highest BCUT2D eigenvalue weighted by molar-refractivity contribution is 6.30. The van der Waals surface area contributed by atoms with Crippen LogP contribution in [0.2, 0.25) is 5.02 Å². The van der Waals surface area contributed by atoms with Crippen LogP contribution < -0.4 is 5.32 Å². The van der Waals surface area contributed by atoms with Crippen molar-refractivity contribution in [3.8, 4) is 0 Å². The molecule has 1 aromatic heterocycles. The number of nitrogens with one attached hydrogen (secondary N) is 2. The van der Waals surface area contributed by atoms with Gasteiger partial charge in [0.25, 0.3) is 0 Å². The zero-order valence-corrected chi connectivity index (χ0v) is 12.7. The number of aromatic nitrogens is 1. The van der Waals surface area contributed by atoms with Gasteiger partial charge in [-0.1, -0.05) is 11.6 Å². The van der Waals surface area contributed by atoms with Crippen molar-refractivity contribution in [2.24, 2.45) is 0 Å². The Morgan fingerprint density at radius 2 is 2.09 bits per heavy atom. The lowest BCUT2D eigenvalue weighted by atomic mass is 10.1. The number of H-pyrrole nitrogens is 1. The molecule has 3 rings (SSSR count). The van der Waals surface area contributed by atoms with Crippen LogP contribution in [0.15, 0.2) is 42.6 Å². The first-order valence-corrected chi connectivity index (χ1v) is 7.22. The Kier molecular flexibility index (Phi) is 3.86. The summed E-state index contributed by atoms with van der Waals surface area (Å²) in [4.78, 5) is 15.2. The number of rotatable bonds is 3. The molecule has 0 saturated carbocycles. The molecular formula is C17H14ClFN2O. The van der Waals surface area contributed by atoms with Crippen molar-refractivity contribution in [3.63, 3.8) is 0 Å². The second-order valence-electron chi connectivity index (χ2n) is 5.19. The van der Waals surface area contributed by atoms with Gasteiger partial charge in [-0.3, -0.25) is 4.79 Å². The Labute approximate surface area is 132 Å². The van der Waals surface area contributed by atoms with Gasteiger partial charge >= 0.3 is 0 Å². The van der Waals surface area contributed by atoms with Gasteiger partial charge in [0.05, 0.1) is 6.42 Å². The molecule has 3 nitrogen and oxygen atoms in total. The first-order valence-electron chi connectivity index (χ1n) is 6.84. The van der Waals surface area contributed by atoms with Gasteiger partial charge in [-0.25, -0.2) is 4.39 Å². The Morgan fingerprint density at radius 3 is 2.86 bits per heavy atom. The molecule has 112 valence electrons. The van der Waals surface area contributed by atoms with E-state index in [0.29, 0.717) is 10.5 Å². The second kappa shape index (κ2) is 5.81. The average Bonchev–Trinajstić information content (AvgIpc) is 2.84. The van der Waals surface area contributed by atoms with Crippen molar-refractivity contribution in [2.75, 3.05) is 5.32 Å². The van der Waals surface area contributed by atoms with Crippen molar-refractivity contribution in [2.45, 2.75) is 13.3 Å². The number of hydrogen-bond acceptors (Lipinski definition) is 1. The van der Waals surface area contributed by atoms with Gasteiger partial charge in [0, 0.05) is 27.8 Å². The number of carbonyl (C=O) groups is 1. The minimum Gasteiger partial charge on any atom is -0.361 e. The van der Waals surface area contributed by atoms with E-state index in [0.717, 1.165) is 22.2 Å². The van der Waals surface area contributed by atoms with Gasteiger partial charge in [-0.15, -0.1) is 0 Å². The summed E-state index contributed by atoms with van der Waals surface area (Å²) in [6.45, 7) is 1.88. The van der Waals surface area contributed by atoms with Crippen LogP contribution in [0.5, 0.6) is 0 Å². The maximum atomic E-state index is 13.2. The number of benzene rings is 2. The third-order valence-corrected chi connectivity index (χ3v) is 3.78. The van der Waals surface area contributed by atoms with Crippen LogP contribution in [0.4, 0.5) is 10.1 Å². The third kappa shape index (κ3) is 2.97. The molecule has 0 bridgehead atoms. The number of fused-ring (bicyclic) bond motifs is 1. The van der Waals surface area contributed by atoms with Crippen molar-refractivity contribution in [1.82, 2.24) is 4.98 Å². The van der Waals surface area contributed by atoms with Gasteiger partial charge in [0.15, 0.2) is 0 Å². The quantitative estimate of drug-likeness (QED) is 0.736. The van der Waals surface area contributed by atoms with Gasteiger partial charge in [-0.05, 0) is 54.4 Å². The fourth-order valence-corrected chi connectivity index (χ4v) is 2.67. The summed E-state index contributed by atoms with van der Waals surface area (Å²) in [5.41, 5.74) is 3.16. The van der Waals surface area contributed by atoms with Crippen LogP contribution in [-0.2, 0) is 11.2 Å². The van der Waals surface area contributed by atoms with Gasteiger partial charge < -0.3 is 10.3 Å². The molecule has 1 amide bonds. The Morgan fingerprint density at radius 1 is 1.27 bits per heavy atom. The molecule has 1 heterocycles. The van der Waals surface area contributed by atoms with E-state index in [2.05, 4.69) is 10.3 Å². The minimum absolute atomic E-state index is 0.129. The summed E-state index contributed by atoms with van der Waals surface area (Å²) < 4.78 is 13.2. The van der Waals surface area contributed by atoms with Crippen LogP contribution in [0.1, 0.15) is 11.1 Å². The van der Waals surface area contributed by atoms with Gasteiger partial charge in [0.2, 0.25) is 5.91 Å². The Bertz CT molecular complexity index is 857. The lowest BCUT2D eigenvalue weighted by Crippen LogP contribution is -2.14. The molecule has 22 heavy (non-hydrogen) atoms. The molecular weight excluding hydrogens is 303 g/mol. The maximum absolute atomic E-state index is 13.2. The van der Waals surface area contributed by atoms with E-state index >= 15 is 0 Å². The van der Waals surface area contributed by atoms with E-state index in [1.165, 1.54) is 12.1 Å². The summed E-state index contributed by atoms with van der Waals surface area (Å²) >= 11 is 5.90. The lowest BCUT2D eigenvalue weighted by Gasteiger charge is -2.08. The summed E-state index contributed by atoms with van der Waals surface area (Å²) in [6, 6.07) is 9.79. The van der Waals surface area contributed by atoms with Crippen molar-refractivity contribution in [1.29, 1.82) is 0 Å². The first kappa shape index (κ1) is 14.6. The van der Waals surface area contributed by atoms with E-state index < -0.39 is 0 Å². The number of halogens is 2. The monoisotopic (exact) mass is 316 g/mol. The topological polar surface area (TPSA) is 44.9 Å². The molecule has 3 aromatic rings. The number of carbonyl (C=O) groups excluding carboxylic acids is 1. The summed E-state index contributed by atoms with van der Waals surface area (Å²) in [5, 5.41) is 4.35. The number of aryl methyl sites for hydroxylation is 1. The van der Waals surface area contributed by atoms with Gasteiger partial charge in [0.1, 0.15) is 5.82 Å². The van der Waals surface area contributed by atoms with Crippen molar-refractivity contribution < 1.29 is 9.18 Å². The van der Waals surface area contributed by atoms with E-state index in [4.69, 9.17) is 11.6 Å². The highest BCUT2D eigenvalue weighted by Crippen LogP contribution is 2.22. The normalized spacial score (nSPS) is 10.9. The molecule has 0 fully saturated rings. The van der Waals surface area contributed by atoms with E-state index in [1.807, 2.05) is 6.92 Å². The molecule has 0 aliphatic heterocycles. The van der Waals surface area contributed by atoms with Gasteiger partial charge in [-0.2, -0.15) is 0 Å². The highest BCUT2D eigenvalue weighted by atomic mass is 35.5. The third-order valence-electron chi connectivity index (χ3n) is 3.54. The molecule has 0 aliphatic carbocycles. The van der Waals surface area contributed by atoms with Crippen LogP contribution in [0.3, 0.4) is 0 Å². The molecule has 0 unspecified atom stereocenters. The van der Waals surface area contributed by atoms with Crippen LogP contribution >= 0.6 is 11.6 Å². The first-order chi connectivity index (χ1) is 10.5. The van der Waals surface area contributed by atoms with Crippen molar-refractivity contribution in [3.05, 3.63) is 64.6 Å². The molecule has 0 saturated heterocycles. The largest absolute Gasteiger partial charge is 0.361 e. The van der Waals surface area contributed by atoms with E-state index in [9.17, 15) is 9.18 Å². The fourth-order valence-electron chi connectivity index (χ4n) is 2.44. The van der Waals surface area contributed by atoms with Crippen molar-refractivity contribution >= 4 is 34.1 Å². The highest BCUT2D eigenvalue weighted by Gasteiger charge is 2.10. The number of amides is 1. The van der Waals surface area contributed by atoms with E-state index in [-0.39, 0.29) is 18.1 Å². The van der Waals surface area contributed by atoms with Crippen LogP contribution in [-0.4, -0.2) is 10.9 Å². The summed E-state index contributed by atoms with van der Waals surface area (Å²) in [6.07, 6.45) is 1.95. The fraction of sp³-hybridized carbons (Fsp3) is 0.118. The number of aromatic amines is 1. The summed E-state index contributed by atoms with van der Waals surface area (Å²) in [7, 11) is 0. The Balaban J connectivity index is 1.78. The zero-order valence-electron chi connectivity index (χ0n) is 11.9. The number of hydrogen-bond donors (Lipinski definition) is 2. The average molecular weight is 317 g/mol. The molecule has 2 N–H and O–H groups in total. The molecule has 0 spiro atoms. The molecule has 0 atom stereocenters. The standard InChI is InChI=1S/C17H14ClFN2O/c1-10-6-12(18)2-5-15(10)21-17(22)7-11-9-20-16-8-13(19)3-4-14(11)16/h2-6,8-9,20H,7H2,1H3,(H,21,22). The predicted octanol–water partition coefficient (Wildman–Crippen LogP) is 4.45. The molecule has 0 aliphatic rings. The molecule has 2 aromatic carbocycles. The molecule has 0 radical (unpaired) electrons. The maximum Gasteiger partial charge on any atom is 0.228 e. The zero-order chi connectivity index (χ0) is 15.7. The number of anilines is 1. The smallest absolute Gasteiger partial charge is 0.228 e. The van der Waals surface area contributed by atoms with E-state index in [1.54, 1.807) is 30.5 Å². The minimum atomic E-state index is -0.304. The SMILES string of the molecule is Cc1cc(Cl)ccc1NC(=O)Cc1c[nH]c2cc(F)ccc12. The molecule has 5 heteroatoms.